The summed E-state index contributed by atoms with van der Waals surface area (Å²) in [6.45, 7) is 10.7. The Balaban J connectivity index is 0.00000363. The summed E-state index contributed by atoms with van der Waals surface area (Å²) < 4.78 is 11.0. The zero-order valence-corrected chi connectivity index (χ0v) is 22.7. The zero-order chi connectivity index (χ0) is 22.2. The molecule has 0 saturated carbocycles. The van der Waals surface area contributed by atoms with Crippen molar-refractivity contribution in [3.63, 3.8) is 0 Å². The van der Waals surface area contributed by atoms with Crippen LogP contribution in [0.4, 0.5) is 5.82 Å². The molecule has 3 heterocycles. The molecule has 2 atom stereocenters. The number of aliphatic imine (C=N–C) groups is 1. The van der Waals surface area contributed by atoms with Gasteiger partial charge in [0.1, 0.15) is 16.9 Å². The summed E-state index contributed by atoms with van der Waals surface area (Å²) in [6, 6.07) is 4.18. The summed E-state index contributed by atoms with van der Waals surface area (Å²) in [5, 5.41) is 6.44. The van der Waals surface area contributed by atoms with Crippen LogP contribution in [0.15, 0.2) is 28.7 Å². The van der Waals surface area contributed by atoms with Crippen molar-refractivity contribution in [2.24, 2.45) is 4.99 Å². The predicted molar refractivity (Wildman–Crippen MR) is 141 cm³/mol. The van der Waals surface area contributed by atoms with Gasteiger partial charge in [0.25, 0.3) is 0 Å². The van der Waals surface area contributed by atoms with Gasteiger partial charge in [0.2, 0.25) is 0 Å². The van der Waals surface area contributed by atoms with E-state index in [2.05, 4.69) is 56.4 Å². The van der Waals surface area contributed by atoms with Gasteiger partial charge in [-0.05, 0) is 32.4 Å². The first kappa shape index (κ1) is 26.7. The fourth-order valence-electron chi connectivity index (χ4n) is 3.36. The van der Waals surface area contributed by atoms with E-state index in [1.807, 2.05) is 20.2 Å². The lowest BCUT2D eigenvalue weighted by molar-refractivity contribution is 0.0529. The second kappa shape index (κ2) is 13.3. The molecule has 3 rings (SSSR count). The Hall–Kier alpha value is -1.50. The van der Waals surface area contributed by atoms with E-state index in [0.717, 1.165) is 54.3 Å². The lowest BCUT2D eigenvalue weighted by Crippen LogP contribution is -2.41. The third-order valence-corrected chi connectivity index (χ3v) is 6.21. The first-order valence-electron chi connectivity index (χ1n) is 10.8. The van der Waals surface area contributed by atoms with E-state index >= 15 is 0 Å². The summed E-state index contributed by atoms with van der Waals surface area (Å²) in [6.07, 6.45) is 2.17. The molecule has 0 radical (unpaired) electrons. The molecule has 0 bridgehead atoms. The number of hydrogen-bond acceptors (Lipinski definition) is 7. The molecular weight excluding hydrogens is 539 g/mol. The first-order chi connectivity index (χ1) is 15.0. The van der Waals surface area contributed by atoms with Gasteiger partial charge in [0.15, 0.2) is 5.96 Å². The van der Waals surface area contributed by atoms with Crippen LogP contribution in [0.25, 0.3) is 0 Å². The van der Waals surface area contributed by atoms with E-state index in [1.165, 1.54) is 0 Å². The number of anilines is 1. The van der Waals surface area contributed by atoms with Crippen molar-refractivity contribution in [3.05, 3.63) is 40.0 Å². The standard InChI is InChI=1S/C22H34N6O2S.HI/c1-6-23-22(27(4)14-19-15-31-21(26-19)17(3)29-5)25-12-18-7-8-20(24-11-18)28-9-10-30-16(2)13-28;/h7-8,11,15-17H,6,9-10,12-14H2,1-5H3,(H,23,25);1H. The van der Waals surface area contributed by atoms with Gasteiger partial charge in [-0.1, -0.05) is 6.07 Å². The normalized spacial score (nSPS) is 17.6. The number of morpholine rings is 1. The number of rotatable bonds is 8. The van der Waals surface area contributed by atoms with Crippen LogP contribution in [0.1, 0.15) is 43.1 Å². The average molecular weight is 575 g/mol. The van der Waals surface area contributed by atoms with Crippen LogP contribution in [0.3, 0.4) is 0 Å². The van der Waals surface area contributed by atoms with E-state index in [9.17, 15) is 0 Å². The minimum atomic E-state index is 0. The summed E-state index contributed by atoms with van der Waals surface area (Å²) in [5.41, 5.74) is 2.10. The Morgan fingerprint density at radius 3 is 2.94 bits per heavy atom. The molecule has 8 nitrogen and oxygen atoms in total. The fraction of sp³-hybridized carbons (Fsp3) is 0.591. The largest absolute Gasteiger partial charge is 0.375 e. The first-order valence-corrected chi connectivity index (χ1v) is 11.7. The van der Waals surface area contributed by atoms with Gasteiger partial charge in [0, 0.05) is 45.4 Å². The van der Waals surface area contributed by atoms with Gasteiger partial charge in [-0.25, -0.2) is 15.0 Å². The van der Waals surface area contributed by atoms with Crippen molar-refractivity contribution in [2.75, 3.05) is 45.3 Å². The molecule has 2 unspecified atom stereocenters. The molecule has 0 aliphatic carbocycles. The molecular formula is C22H35IN6O2S. The van der Waals surface area contributed by atoms with Crippen LogP contribution in [0.5, 0.6) is 0 Å². The van der Waals surface area contributed by atoms with Crippen LogP contribution in [-0.2, 0) is 22.6 Å². The Labute approximate surface area is 212 Å². The number of halogens is 1. The molecule has 1 N–H and O–H groups in total. The highest BCUT2D eigenvalue weighted by molar-refractivity contribution is 14.0. The van der Waals surface area contributed by atoms with Crippen molar-refractivity contribution in [1.82, 2.24) is 20.2 Å². The molecule has 32 heavy (non-hydrogen) atoms. The summed E-state index contributed by atoms with van der Waals surface area (Å²) in [4.78, 5) is 18.5. The predicted octanol–water partition coefficient (Wildman–Crippen LogP) is 3.69. The quantitative estimate of drug-likeness (QED) is 0.293. The maximum Gasteiger partial charge on any atom is 0.194 e. The topological polar surface area (TPSA) is 75.1 Å². The van der Waals surface area contributed by atoms with Gasteiger partial charge in [0.05, 0.1) is 31.5 Å². The molecule has 1 saturated heterocycles. The number of hydrogen-bond donors (Lipinski definition) is 1. The van der Waals surface area contributed by atoms with Crippen molar-refractivity contribution >= 4 is 47.1 Å². The van der Waals surface area contributed by atoms with Crippen LogP contribution < -0.4 is 10.2 Å². The number of nitrogens with one attached hydrogen (secondary N) is 1. The van der Waals surface area contributed by atoms with Gasteiger partial charge in [-0.15, -0.1) is 35.3 Å². The number of aromatic nitrogens is 2. The van der Waals surface area contributed by atoms with Crippen LogP contribution in [0.2, 0.25) is 0 Å². The number of thiazole rings is 1. The van der Waals surface area contributed by atoms with E-state index in [1.54, 1.807) is 18.4 Å². The summed E-state index contributed by atoms with van der Waals surface area (Å²) in [5.74, 6) is 1.85. The highest BCUT2D eigenvalue weighted by Crippen LogP contribution is 2.21. The minimum absolute atomic E-state index is 0. The number of nitrogens with zero attached hydrogens (tertiary/aromatic N) is 5. The van der Waals surface area contributed by atoms with E-state index < -0.39 is 0 Å². The second-order valence-electron chi connectivity index (χ2n) is 7.73. The molecule has 2 aromatic heterocycles. The molecule has 1 aliphatic heterocycles. The van der Waals surface area contributed by atoms with Gasteiger partial charge >= 0.3 is 0 Å². The van der Waals surface area contributed by atoms with E-state index in [-0.39, 0.29) is 36.2 Å². The Morgan fingerprint density at radius 2 is 2.28 bits per heavy atom. The molecule has 2 aromatic rings. The van der Waals surface area contributed by atoms with Crippen molar-refractivity contribution in [2.45, 2.75) is 46.1 Å². The van der Waals surface area contributed by atoms with Crippen molar-refractivity contribution in [1.29, 1.82) is 0 Å². The monoisotopic (exact) mass is 574 g/mol. The highest BCUT2D eigenvalue weighted by Gasteiger charge is 2.18. The molecule has 0 amide bonds. The number of guanidine groups is 1. The Kier molecular flexibility index (Phi) is 11.1. The number of pyridine rings is 1. The van der Waals surface area contributed by atoms with Crippen molar-refractivity contribution < 1.29 is 9.47 Å². The molecule has 1 fully saturated rings. The third-order valence-electron chi connectivity index (χ3n) is 5.15. The lowest BCUT2D eigenvalue weighted by Gasteiger charge is -2.32. The van der Waals surface area contributed by atoms with Crippen LogP contribution in [0, 0.1) is 0 Å². The maximum absolute atomic E-state index is 5.62. The maximum atomic E-state index is 5.62. The average Bonchev–Trinajstić information content (AvgIpc) is 3.25. The van der Waals surface area contributed by atoms with E-state index in [4.69, 9.17) is 14.5 Å². The van der Waals surface area contributed by atoms with Crippen LogP contribution >= 0.6 is 35.3 Å². The minimum Gasteiger partial charge on any atom is -0.375 e. The highest BCUT2D eigenvalue weighted by atomic mass is 127. The lowest BCUT2D eigenvalue weighted by atomic mass is 10.2. The van der Waals surface area contributed by atoms with Crippen molar-refractivity contribution in [3.8, 4) is 0 Å². The molecule has 10 heteroatoms. The molecule has 0 aromatic carbocycles. The Morgan fingerprint density at radius 1 is 1.47 bits per heavy atom. The number of ether oxygens (including phenoxy) is 2. The third kappa shape index (κ3) is 7.53. The van der Waals surface area contributed by atoms with Gasteiger partial charge < -0.3 is 24.6 Å². The SMILES string of the molecule is CCNC(=NCc1ccc(N2CCOC(C)C2)nc1)N(C)Cc1csc(C(C)OC)n1.I. The summed E-state index contributed by atoms with van der Waals surface area (Å²) in [7, 11) is 3.73. The van der Waals surface area contributed by atoms with E-state index in [0.29, 0.717) is 13.1 Å². The van der Waals surface area contributed by atoms with Gasteiger partial charge in [-0.2, -0.15) is 0 Å². The fourth-order valence-corrected chi connectivity index (χ4v) is 4.20. The number of methoxy groups -OCH3 is 1. The smallest absolute Gasteiger partial charge is 0.194 e. The van der Waals surface area contributed by atoms with Crippen LogP contribution in [-0.4, -0.2) is 67.3 Å². The van der Waals surface area contributed by atoms with Gasteiger partial charge in [-0.3, -0.25) is 0 Å². The molecule has 0 spiro atoms. The molecule has 1 aliphatic rings. The zero-order valence-electron chi connectivity index (χ0n) is 19.6. The Bertz CT molecular complexity index is 847. The summed E-state index contributed by atoms with van der Waals surface area (Å²) >= 11 is 1.63. The molecule has 178 valence electrons. The second-order valence-corrected chi connectivity index (χ2v) is 8.62.